The molecule has 230 valence electrons. The number of aromatic nitrogens is 4. The second-order valence-corrected chi connectivity index (χ2v) is 14.0. The summed E-state index contributed by atoms with van der Waals surface area (Å²) in [5.41, 5.74) is 13.0. The van der Waals surface area contributed by atoms with Gasteiger partial charge in [0.15, 0.2) is 11.5 Å². The number of likely N-dealkylation sites (tertiary alicyclic amines) is 1. The number of rotatable bonds is 8. The summed E-state index contributed by atoms with van der Waals surface area (Å²) in [6, 6.07) is 26.6. The Hall–Kier alpha value is -4.38. The second kappa shape index (κ2) is 11.8. The summed E-state index contributed by atoms with van der Waals surface area (Å²) in [6.45, 7) is 6.38. The number of pyridine rings is 2. The van der Waals surface area contributed by atoms with E-state index < -0.39 is 10.0 Å². The van der Waals surface area contributed by atoms with Crippen molar-refractivity contribution in [3.05, 3.63) is 103 Å². The number of nitrogens with one attached hydrogen (secondary N) is 1. The van der Waals surface area contributed by atoms with Gasteiger partial charge in [-0.2, -0.15) is 0 Å². The van der Waals surface area contributed by atoms with E-state index in [0.29, 0.717) is 11.6 Å². The lowest BCUT2D eigenvalue weighted by atomic mass is 9.72. The van der Waals surface area contributed by atoms with Gasteiger partial charge in [-0.05, 0) is 86.0 Å². The maximum absolute atomic E-state index is 11.9. The Kier molecular flexibility index (Phi) is 7.72. The molecule has 0 atom stereocenters. The number of anilines is 1. The molecule has 9 nitrogen and oxygen atoms in total. The number of nitrogens with two attached hydrogens (primary N) is 1. The zero-order chi connectivity index (χ0) is 31.0. The maximum Gasteiger partial charge on any atom is 0.233 e. The molecule has 10 heteroatoms. The summed E-state index contributed by atoms with van der Waals surface area (Å²) < 4.78 is 28.7. The molecule has 3 aromatic heterocycles. The van der Waals surface area contributed by atoms with E-state index in [1.165, 1.54) is 5.56 Å². The number of nitrogen functional groups attached to an aromatic ring is 1. The molecule has 0 amide bonds. The number of hydrogen-bond acceptors (Lipinski definition) is 7. The van der Waals surface area contributed by atoms with Crippen LogP contribution in [-0.4, -0.2) is 52.0 Å². The second-order valence-electron chi connectivity index (χ2n) is 12.3. The first-order valence-electron chi connectivity index (χ1n) is 15.4. The molecule has 0 unspecified atom stereocenters. The molecule has 1 aliphatic carbocycles. The van der Waals surface area contributed by atoms with E-state index in [2.05, 4.69) is 62.2 Å². The maximum atomic E-state index is 11.9. The van der Waals surface area contributed by atoms with Crippen LogP contribution >= 0.6 is 0 Å². The highest BCUT2D eigenvalue weighted by Crippen LogP contribution is 2.44. The molecule has 2 fully saturated rings. The lowest BCUT2D eigenvalue weighted by Crippen LogP contribution is -2.40. The Morgan fingerprint density at radius 1 is 0.956 bits per heavy atom. The fourth-order valence-electron chi connectivity index (χ4n) is 6.97. The van der Waals surface area contributed by atoms with Gasteiger partial charge in [-0.3, -0.25) is 9.47 Å². The molecule has 4 heterocycles. The van der Waals surface area contributed by atoms with Crippen molar-refractivity contribution in [1.29, 1.82) is 0 Å². The van der Waals surface area contributed by atoms with Gasteiger partial charge in [-0.15, -0.1) is 0 Å². The van der Waals surface area contributed by atoms with E-state index in [-0.39, 0.29) is 11.5 Å². The van der Waals surface area contributed by atoms with E-state index in [0.717, 1.165) is 90.8 Å². The number of fused-ring (bicyclic) bond motifs is 1. The van der Waals surface area contributed by atoms with E-state index in [1.807, 2.05) is 42.5 Å². The number of imidazole rings is 1. The van der Waals surface area contributed by atoms with Crippen LogP contribution in [-0.2, 0) is 16.6 Å². The van der Waals surface area contributed by atoms with Crippen LogP contribution in [0.25, 0.3) is 39.5 Å². The third-order valence-corrected chi connectivity index (χ3v) is 10.5. The van der Waals surface area contributed by atoms with Gasteiger partial charge in [0.25, 0.3) is 0 Å². The van der Waals surface area contributed by atoms with Gasteiger partial charge >= 0.3 is 0 Å². The van der Waals surface area contributed by atoms with Crippen molar-refractivity contribution in [3.63, 3.8) is 0 Å². The number of hydrogen-bond donors (Lipinski definition) is 2. The Balaban J connectivity index is 1.13. The highest BCUT2D eigenvalue weighted by atomic mass is 32.2. The van der Waals surface area contributed by atoms with Gasteiger partial charge in [-0.25, -0.2) is 28.1 Å². The summed E-state index contributed by atoms with van der Waals surface area (Å²) in [5, 5.41) is 1.00. The van der Waals surface area contributed by atoms with Crippen LogP contribution in [0.2, 0.25) is 0 Å². The monoisotopic (exact) mass is 619 g/mol. The molecule has 1 aliphatic heterocycles. The van der Waals surface area contributed by atoms with E-state index in [9.17, 15) is 8.42 Å². The van der Waals surface area contributed by atoms with Crippen LogP contribution in [0.1, 0.15) is 37.7 Å². The van der Waals surface area contributed by atoms with Gasteiger partial charge in [-0.1, -0.05) is 49.0 Å². The first-order valence-corrected chi connectivity index (χ1v) is 17.0. The van der Waals surface area contributed by atoms with Crippen molar-refractivity contribution in [2.45, 2.75) is 44.7 Å². The third-order valence-electron chi connectivity index (χ3n) is 9.37. The molecule has 0 radical (unpaired) electrons. The van der Waals surface area contributed by atoms with Crippen molar-refractivity contribution in [2.75, 3.05) is 18.8 Å². The summed E-state index contributed by atoms with van der Waals surface area (Å²) in [4.78, 5) is 16.9. The van der Waals surface area contributed by atoms with E-state index in [1.54, 1.807) is 6.20 Å². The topological polar surface area (TPSA) is 119 Å². The van der Waals surface area contributed by atoms with Crippen molar-refractivity contribution < 1.29 is 8.42 Å². The normalized spacial score (nSPS) is 20.6. The zero-order valence-corrected chi connectivity index (χ0v) is 26.0. The average molecular weight is 620 g/mol. The minimum atomic E-state index is -3.39. The smallest absolute Gasteiger partial charge is 0.233 e. The molecule has 2 aromatic carbocycles. The third kappa shape index (κ3) is 6.01. The molecule has 7 rings (SSSR count). The first-order chi connectivity index (χ1) is 21.8. The van der Waals surface area contributed by atoms with E-state index >= 15 is 0 Å². The SMILES string of the molecule is C=CS(=O)(=O)NC1CCC2(CC1)CCN(Cc1ccc(-n3c(-c4cccnc4N)nc4ccc(-c5ccccc5)nc43)cc1)C2. The van der Waals surface area contributed by atoms with Crippen LogP contribution < -0.4 is 10.5 Å². The summed E-state index contributed by atoms with van der Waals surface area (Å²) in [7, 11) is -3.39. The molecule has 1 spiro atoms. The summed E-state index contributed by atoms with van der Waals surface area (Å²) >= 11 is 0. The fraction of sp³-hybridized carbons (Fsp3) is 0.286. The zero-order valence-electron chi connectivity index (χ0n) is 25.1. The van der Waals surface area contributed by atoms with Gasteiger partial charge in [0.1, 0.15) is 11.3 Å². The summed E-state index contributed by atoms with van der Waals surface area (Å²) in [5.74, 6) is 1.12. The molecular weight excluding hydrogens is 582 g/mol. The fourth-order valence-corrected chi connectivity index (χ4v) is 7.76. The minimum Gasteiger partial charge on any atom is -0.383 e. The Labute approximate surface area is 263 Å². The molecule has 2 aliphatic rings. The molecule has 3 N–H and O–H groups in total. The van der Waals surface area contributed by atoms with Gasteiger partial charge in [0.2, 0.25) is 10.0 Å². The number of benzene rings is 2. The highest BCUT2D eigenvalue weighted by molar-refractivity contribution is 7.92. The predicted molar refractivity (Wildman–Crippen MR) is 179 cm³/mol. The van der Waals surface area contributed by atoms with Crippen LogP contribution in [0.15, 0.2) is 97.0 Å². The average Bonchev–Trinajstić information content (AvgIpc) is 3.64. The van der Waals surface area contributed by atoms with Crippen LogP contribution in [0.4, 0.5) is 5.82 Å². The predicted octanol–water partition coefficient (Wildman–Crippen LogP) is 5.93. The minimum absolute atomic E-state index is 0.00430. The molecule has 45 heavy (non-hydrogen) atoms. The number of sulfonamides is 1. The largest absolute Gasteiger partial charge is 0.383 e. The van der Waals surface area contributed by atoms with Crippen LogP contribution in [0, 0.1) is 5.41 Å². The molecule has 0 bridgehead atoms. The Morgan fingerprint density at radius 3 is 2.47 bits per heavy atom. The van der Waals surface area contributed by atoms with Crippen molar-refractivity contribution in [3.8, 4) is 28.3 Å². The van der Waals surface area contributed by atoms with Crippen LogP contribution in [0.5, 0.6) is 0 Å². The van der Waals surface area contributed by atoms with Gasteiger partial charge in [0.05, 0.1) is 11.3 Å². The number of nitrogens with zero attached hydrogens (tertiary/aromatic N) is 5. The Morgan fingerprint density at radius 2 is 1.73 bits per heavy atom. The molecule has 1 saturated heterocycles. The Bertz CT molecular complexity index is 1950. The molecule has 1 saturated carbocycles. The van der Waals surface area contributed by atoms with Crippen molar-refractivity contribution >= 4 is 27.0 Å². The highest BCUT2D eigenvalue weighted by Gasteiger charge is 2.41. The van der Waals surface area contributed by atoms with Crippen molar-refractivity contribution in [2.24, 2.45) is 5.41 Å². The lowest BCUT2D eigenvalue weighted by Gasteiger charge is -2.37. The lowest BCUT2D eigenvalue weighted by molar-refractivity contribution is 0.167. The van der Waals surface area contributed by atoms with Crippen molar-refractivity contribution in [1.82, 2.24) is 29.1 Å². The quantitative estimate of drug-likeness (QED) is 0.221. The molecular formula is C35H37N7O2S. The van der Waals surface area contributed by atoms with Crippen LogP contribution in [0.3, 0.4) is 0 Å². The first kappa shape index (κ1) is 29.3. The molecule has 5 aromatic rings. The van der Waals surface area contributed by atoms with Gasteiger partial charge < -0.3 is 5.73 Å². The standard InChI is InChI=1S/C35H37N7O2S/c1-2-45(43,44)40-27-16-18-35(19-17-27)20-22-41(24-35)23-25-10-12-28(13-11-25)42-33(29-9-6-21-37-32(29)36)39-31-15-14-30(38-34(31)42)26-7-4-3-5-8-26/h2-15,21,27,40H,1,16-20,22-24H2,(H2,36,37). The van der Waals surface area contributed by atoms with E-state index in [4.69, 9.17) is 15.7 Å². The summed E-state index contributed by atoms with van der Waals surface area (Å²) in [6.07, 6.45) is 6.66. The van der Waals surface area contributed by atoms with Gasteiger partial charge in [0, 0.05) is 42.0 Å².